The molecule has 2 aromatic carbocycles. The van der Waals surface area contributed by atoms with Gasteiger partial charge < -0.3 is 14.2 Å². The molecule has 0 aliphatic heterocycles. The van der Waals surface area contributed by atoms with Gasteiger partial charge in [0.2, 0.25) is 5.75 Å². The highest BCUT2D eigenvalue weighted by atomic mass is 32.1. The van der Waals surface area contributed by atoms with Crippen molar-refractivity contribution in [2.45, 2.75) is 0 Å². The molecular formula is C23H19N3O4S. The highest BCUT2D eigenvalue weighted by molar-refractivity contribution is 7.13. The predicted molar refractivity (Wildman–Crippen MR) is 119 cm³/mol. The van der Waals surface area contributed by atoms with Gasteiger partial charge in [-0.2, -0.15) is 0 Å². The molecule has 0 saturated heterocycles. The molecule has 0 aliphatic rings. The van der Waals surface area contributed by atoms with Gasteiger partial charge in [0.15, 0.2) is 17.8 Å². The lowest BCUT2D eigenvalue weighted by Crippen LogP contribution is -2.01. The molecule has 0 spiro atoms. The molecule has 0 aliphatic carbocycles. The van der Waals surface area contributed by atoms with E-state index in [1.54, 1.807) is 24.7 Å². The second-order valence-electron chi connectivity index (χ2n) is 6.45. The van der Waals surface area contributed by atoms with Crippen LogP contribution in [0.25, 0.3) is 32.8 Å². The van der Waals surface area contributed by atoms with Crippen LogP contribution in [0.2, 0.25) is 0 Å². The van der Waals surface area contributed by atoms with Gasteiger partial charge in [-0.25, -0.2) is 15.0 Å². The van der Waals surface area contributed by atoms with E-state index in [2.05, 4.69) is 15.0 Å². The monoisotopic (exact) mass is 433 g/mol. The van der Waals surface area contributed by atoms with Gasteiger partial charge in [-0.1, -0.05) is 12.1 Å². The van der Waals surface area contributed by atoms with E-state index in [9.17, 15) is 4.79 Å². The van der Waals surface area contributed by atoms with Gasteiger partial charge in [-0.3, -0.25) is 4.79 Å². The molecule has 0 saturated carbocycles. The van der Waals surface area contributed by atoms with Gasteiger partial charge in [0.05, 0.1) is 21.3 Å². The number of benzene rings is 2. The summed E-state index contributed by atoms with van der Waals surface area (Å²) >= 11 is 1.53. The zero-order valence-electron chi connectivity index (χ0n) is 17.2. The fraction of sp³-hybridized carbons (Fsp3) is 0.130. The molecule has 0 bridgehead atoms. The van der Waals surface area contributed by atoms with Crippen molar-refractivity contribution in [3.05, 3.63) is 60.1 Å². The second-order valence-corrected chi connectivity index (χ2v) is 7.35. The van der Waals surface area contributed by atoms with Gasteiger partial charge in [0.25, 0.3) is 0 Å². The summed E-state index contributed by atoms with van der Waals surface area (Å²) in [5, 5.41) is 2.78. The minimum absolute atomic E-state index is 0.401. The van der Waals surface area contributed by atoms with Crippen LogP contribution in [0.5, 0.6) is 17.2 Å². The summed E-state index contributed by atoms with van der Waals surface area (Å²) in [4.78, 5) is 24.8. The molecule has 8 heteroatoms. The van der Waals surface area contributed by atoms with Crippen LogP contribution in [0.15, 0.2) is 54.6 Å². The molecule has 0 amide bonds. The van der Waals surface area contributed by atoms with Gasteiger partial charge in [-0.05, 0) is 23.3 Å². The Labute approximate surface area is 183 Å². The van der Waals surface area contributed by atoms with E-state index in [1.807, 2.05) is 23.6 Å². The van der Waals surface area contributed by atoms with Gasteiger partial charge in [0.1, 0.15) is 11.3 Å². The number of ether oxygens (including phenoxy) is 3. The smallest absolute Gasteiger partial charge is 0.203 e. The topological polar surface area (TPSA) is 83.4 Å². The number of carbonyl (C=O) groups excluding carboxylic acids is 1. The summed E-state index contributed by atoms with van der Waals surface area (Å²) < 4.78 is 16.7. The van der Waals surface area contributed by atoms with Crippen LogP contribution in [0.1, 0.15) is 10.4 Å². The molecule has 7 nitrogen and oxygen atoms in total. The quantitative estimate of drug-likeness (QED) is 0.388. The largest absolute Gasteiger partial charge is 0.493 e. The number of methoxy groups -OCH3 is 3. The number of thiazole rings is 1. The molecule has 0 radical (unpaired) electrons. The third kappa shape index (κ3) is 3.73. The summed E-state index contributed by atoms with van der Waals surface area (Å²) in [6, 6.07) is 7.58. The van der Waals surface area contributed by atoms with E-state index in [1.165, 1.54) is 39.0 Å². The number of aromatic nitrogens is 3. The molecule has 31 heavy (non-hydrogen) atoms. The van der Waals surface area contributed by atoms with Crippen molar-refractivity contribution in [2.24, 2.45) is 0 Å². The van der Waals surface area contributed by atoms with Gasteiger partial charge >= 0.3 is 0 Å². The SMILES string of the molecule is COc1cc(C=O)c(-c2cc(-c3nccs3)ccc2-c2cncnc2)c(OC)c1OC. The van der Waals surface area contributed by atoms with Crippen molar-refractivity contribution in [2.75, 3.05) is 21.3 Å². The van der Waals surface area contributed by atoms with Crippen molar-refractivity contribution in [1.82, 2.24) is 15.0 Å². The first kappa shape index (κ1) is 20.5. The lowest BCUT2D eigenvalue weighted by molar-refractivity contribution is 0.112. The Morgan fingerprint density at radius 2 is 1.68 bits per heavy atom. The standard InChI is InChI=1S/C23H19N3O4S/c1-28-19-9-15(12-27)20(22(30-3)21(19)29-2)18-8-14(23-26-6-7-31-23)4-5-17(18)16-10-24-13-25-11-16/h4-13H,1-3H3. The summed E-state index contributed by atoms with van der Waals surface area (Å²) in [7, 11) is 4.58. The third-order valence-electron chi connectivity index (χ3n) is 4.83. The fourth-order valence-electron chi connectivity index (χ4n) is 3.49. The van der Waals surface area contributed by atoms with Crippen LogP contribution in [0, 0.1) is 0 Å². The van der Waals surface area contributed by atoms with E-state index in [4.69, 9.17) is 14.2 Å². The van der Waals surface area contributed by atoms with E-state index < -0.39 is 0 Å². The Bertz CT molecular complexity index is 1210. The maximum Gasteiger partial charge on any atom is 0.203 e. The Morgan fingerprint density at radius 1 is 0.903 bits per heavy atom. The average Bonchev–Trinajstić information content (AvgIpc) is 3.37. The lowest BCUT2D eigenvalue weighted by Gasteiger charge is -2.20. The fourth-order valence-corrected chi connectivity index (χ4v) is 4.12. The van der Waals surface area contributed by atoms with Crippen LogP contribution in [0.3, 0.4) is 0 Å². The Kier molecular flexibility index (Phi) is 5.90. The van der Waals surface area contributed by atoms with Crippen LogP contribution >= 0.6 is 11.3 Å². The van der Waals surface area contributed by atoms with Crippen molar-refractivity contribution in [3.63, 3.8) is 0 Å². The summed E-state index contributed by atoms with van der Waals surface area (Å²) in [6.45, 7) is 0. The number of hydrogen-bond donors (Lipinski definition) is 0. The molecule has 0 unspecified atom stereocenters. The third-order valence-corrected chi connectivity index (χ3v) is 5.65. The molecule has 2 heterocycles. The predicted octanol–water partition coefficient (Wildman–Crippen LogP) is 4.77. The first-order chi connectivity index (χ1) is 15.2. The normalized spacial score (nSPS) is 10.5. The molecule has 0 N–H and O–H groups in total. The molecule has 2 aromatic heterocycles. The number of aldehydes is 1. The minimum Gasteiger partial charge on any atom is -0.493 e. The zero-order valence-corrected chi connectivity index (χ0v) is 18.0. The van der Waals surface area contributed by atoms with E-state index in [0.29, 0.717) is 28.4 Å². The zero-order chi connectivity index (χ0) is 21.8. The maximum atomic E-state index is 12.1. The molecular weight excluding hydrogens is 414 g/mol. The van der Waals surface area contributed by atoms with E-state index >= 15 is 0 Å². The van der Waals surface area contributed by atoms with Gasteiger partial charge in [0, 0.05) is 46.2 Å². The molecule has 0 fully saturated rings. The van der Waals surface area contributed by atoms with Crippen LogP contribution in [-0.2, 0) is 0 Å². The molecule has 156 valence electrons. The Hall–Kier alpha value is -3.78. The van der Waals surface area contributed by atoms with E-state index in [0.717, 1.165) is 33.5 Å². The maximum absolute atomic E-state index is 12.1. The van der Waals surface area contributed by atoms with Crippen molar-refractivity contribution in [3.8, 4) is 50.1 Å². The highest BCUT2D eigenvalue weighted by Crippen LogP contribution is 2.49. The number of rotatable bonds is 7. The molecule has 4 rings (SSSR count). The van der Waals surface area contributed by atoms with Crippen LogP contribution < -0.4 is 14.2 Å². The number of carbonyl (C=O) groups is 1. The lowest BCUT2D eigenvalue weighted by atomic mass is 9.90. The van der Waals surface area contributed by atoms with Crippen molar-refractivity contribution >= 4 is 17.6 Å². The summed E-state index contributed by atoms with van der Waals surface area (Å²) in [5.74, 6) is 1.21. The number of hydrogen-bond acceptors (Lipinski definition) is 8. The van der Waals surface area contributed by atoms with E-state index in [-0.39, 0.29) is 0 Å². The van der Waals surface area contributed by atoms with Crippen molar-refractivity contribution in [1.29, 1.82) is 0 Å². The summed E-state index contributed by atoms with van der Waals surface area (Å²) in [6.07, 6.45) is 7.46. The minimum atomic E-state index is 0.401. The second kappa shape index (κ2) is 8.93. The van der Waals surface area contributed by atoms with Crippen LogP contribution in [-0.4, -0.2) is 42.6 Å². The first-order valence-electron chi connectivity index (χ1n) is 9.29. The van der Waals surface area contributed by atoms with Crippen molar-refractivity contribution < 1.29 is 19.0 Å². The molecule has 0 atom stereocenters. The Balaban J connectivity index is 2.09. The first-order valence-corrected chi connectivity index (χ1v) is 10.2. The number of nitrogens with zero attached hydrogens (tertiary/aromatic N) is 3. The summed E-state index contributed by atoms with van der Waals surface area (Å²) in [5.41, 5.74) is 4.32. The highest BCUT2D eigenvalue weighted by Gasteiger charge is 2.24. The Morgan fingerprint density at radius 3 is 2.29 bits per heavy atom. The van der Waals surface area contributed by atoms with Crippen LogP contribution in [0.4, 0.5) is 0 Å². The molecule has 4 aromatic rings. The van der Waals surface area contributed by atoms with Gasteiger partial charge in [-0.15, -0.1) is 11.3 Å². The average molecular weight is 433 g/mol.